The van der Waals surface area contributed by atoms with Crippen LogP contribution in [0, 0.1) is 20.8 Å². The first kappa shape index (κ1) is 17.6. The van der Waals surface area contributed by atoms with E-state index in [1.165, 1.54) is 0 Å². The first-order valence-electron chi connectivity index (χ1n) is 8.48. The van der Waals surface area contributed by atoms with Gasteiger partial charge in [-0.25, -0.2) is 9.97 Å². The molecule has 1 N–H and O–H groups in total. The predicted molar refractivity (Wildman–Crippen MR) is 105 cm³/mol. The molecule has 0 spiro atoms. The molecule has 0 aliphatic rings. The number of nitrogens with one attached hydrogen (secondary N) is 1. The fraction of sp³-hybridized carbons (Fsp3) is 0.190. The fourth-order valence-corrected chi connectivity index (χ4v) is 2.70. The number of carbonyl (C=O) groups is 1. The van der Waals surface area contributed by atoms with Gasteiger partial charge in [0.1, 0.15) is 17.3 Å². The molecule has 0 fully saturated rings. The molecule has 1 aromatic heterocycles. The van der Waals surface area contributed by atoms with Crippen molar-refractivity contribution in [2.45, 2.75) is 20.8 Å². The first-order valence-corrected chi connectivity index (χ1v) is 8.48. The Kier molecular flexibility index (Phi) is 4.98. The molecular formula is C21H22N4O. The Labute approximate surface area is 153 Å². The van der Waals surface area contributed by atoms with Crippen LogP contribution in [0.15, 0.2) is 54.6 Å². The fourth-order valence-electron chi connectivity index (χ4n) is 2.70. The Bertz CT molecular complexity index is 938. The average molecular weight is 346 g/mol. The van der Waals surface area contributed by atoms with E-state index in [4.69, 9.17) is 0 Å². The molecule has 0 bridgehead atoms. The number of rotatable bonds is 4. The molecule has 0 aliphatic carbocycles. The van der Waals surface area contributed by atoms with Gasteiger partial charge in [-0.1, -0.05) is 30.3 Å². The van der Waals surface area contributed by atoms with Crippen molar-refractivity contribution in [1.29, 1.82) is 0 Å². The molecule has 0 atom stereocenters. The SMILES string of the molecule is Cc1nc(C(=O)Nc2cccc(C)c2C)cc(N(C)c2ccccc2)n1. The number of amides is 1. The molecule has 3 aromatic rings. The third-order valence-electron chi connectivity index (χ3n) is 4.40. The summed E-state index contributed by atoms with van der Waals surface area (Å²) in [4.78, 5) is 23.4. The lowest BCUT2D eigenvalue weighted by Gasteiger charge is -2.19. The molecule has 0 unspecified atom stereocenters. The van der Waals surface area contributed by atoms with Gasteiger partial charge < -0.3 is 10.2 Å². The Morgan fingerprint density at radius 3 is 2.42 bits per heavy atom. The highest BCUT2D eigenvalue weighted by Gasteiger charge is 2.15. The zero-order valence-electron chi connectivity index (χ0n) is 15.4. The maximum absolute atomic E-state index is 12.7. The van der Waals surface area contributed by atoms with E-state index in [1.54, 1.807) is 13.0 Å². The maximum atomic E-state index is 12.7. The van der Waals surface area contributed by atoms with Crippen LogP contribution in [0.3, 0.4) is 0 Å². The third kappa shape index (κ3) is 3.72. The molecule has 3 rings (SSSR count). The minimum Gasteiger partial charge on any atom is -0.329 e. The zero-order valence-corrected chi connectivity index (χ0v) is 15.4. The number of aryl methyl sites for hydroxylation is 2. The molecule has 1 amide bonds. The topological polar surface area (TPSA) is 58.1 Å². The van der Waals surface area contributed by atoms with Gasteiger partial charge in [0.05, 0.1) is 0 Å². The minimum absolute atomic E-state index is 0.244. The van der Waals surface area contributed by atoms with E-state index in [0.29, 0.717) is 17.3 Å². The van der Waals surface area contributed by atoms with Gasteiger partial charge in [0.2, 0.25) is 0 Å². The molecule has 0 saturated heterocycles. The largest absolute Gasteiger partial charge is 0.329 e. The highest BCUT2D eigenvalue weighted by atomic mass is 16.1. The molecule has 132 valence electrons. The summed E-state index contributed by atoms with van der Waals surface area (Å²) in [5, 5.41) is 2.95. The van der Waals surface area contributed by atoms with Gasteiger partial charge in [-0.05, 0) is 50.1 Å². The Morgan fingerprint density at radius 2 is 1.69 bits per heavy atom. The second-order valence-electron chi connectivity index (χ2n) is 6.25. The monoisotopic (exact) mass is 346 g/mol. The summed E-state index contributed by atoms with van der Waals surface area (Å²) in [7, 11) is 1.92. The Hall–Kier alpha value is -3.21. The number of hydrogen-bond acceptors (Lipinski definition) is 4. The highest BCUT2D eigenvalue weighted by Crippen LogP contribution is 2.23. The van der Waals surface area contributed by atoms with Crippen LogP contribution >= 0.6 is 0 Å². The van der Waals surface area contributed by atoms with Crippen molar-refractivity contribution in [2.75, 3.05) is 17.3 Å². The van der Waals surface area contributed by atoms with Gasteiger partial charge in [-0.2, -0.15) is 0 Å². The van der Waals surface area contributed by atoms with Crippen LogP contribution in [0.25, 0.3) is 0 Å². The summed E-state index contributed by atoms with van der Waals surface area (Å²) in [6.45, 7) is 5.80. The third-order valence-corrected chi connectivity index (χ3v) is 4.40. The molecule has 2 aromatic carbocycles. The second-order valence-corrected chi connectivity index (χ2v) is 6.25. The molecule has 0 aliphatic heterocycles. The van der Waals surface area contributed by atoms with Gasteiger partial charge in [0, 0.05) is 24.5 Å². The first-order chi connectivity index (χ1) is 12.5. The smallest absolute Gasteiger partial charge is 0.274 e. The van der Waals surface area contributed by atoms with Crippen molar-refractivity contribution in [3.63, 3.8) is 0 Å². The molecule has 1 heterocycles. The summed E-state index contributed by atoms with van der Waals surface area (Å²) in [5.74, 6) is 0.984. The quantitative estimate of drug-likeness (QED) is 0.759. The van der Waals surface area contributed by atoms with Gasteiger partial charge in [0.25, 0.3) is 5.91 Å². The van der Waals surface area contributed by atoms with Crippen LogP contribution in [0.4, 0.5) is 17.2 Å². The normalized spacial score (nSPS) is 10.5. The standard InChI is InChI=1S/C21H22N4O/c1-14-9-8-12-18(15(14)2)24-21(26)19-13-20(23-16(3)22-19)25(4)17-10-6-5-7-11-17/h5-13H,1-4H3,(H,24,26). The summed E-state index contributed by atoms with van der Waals surface area (Å²) >= 11 is 0. The second kappa shape index (κ2) is 7.35. The van der Waals surface area contributed by atoms with Gasteiger partial charge in [0.15, 0.2) is 0 Å². The number of nitrogens with zero attached hydrogens (tertiary/aromatic N) is 3. The van der Waals surface area contributed by atoms with E-state index in [9.17, 15) is 4.79 Å². The number of carbonyl (C=O) groups excluding carboxylic acids is 1. The average Bonchev–Trinajstić information content (AvgIpc) is 2.65. The maximum Gasteiger partial charge on any atom is 0.274 e. The number of hydrogen-bond donors (Lipinski definition) is 1. The van der Waals surface area contributed by atoms with E-state index >= 15 is 0 Å². The molecule has 5 heteroatoms. The Balaban J connectivity index is 1.90. The molecule has 5 nitrogen and oxygen atoms in total. The van der Waals surface area contributed by atoms with Crippen LogP contribution in [0.1, 0.15) is 27.4 Å². The highest BCUT2D eigenvalue weighted by molar-refractivity contribution is 6.03. The van der Waals surface area contributed by atoms with Gasteiger partial charge >= 0.3 is 0 Å². The van der Waals surface area contributed by atoms with Crippen molar-refractivity contribution < 1.29 is 4.79 Å². The number of para-hydroxylation sites is 1. The van der Waals surface area contributed by atoms with E-state index in [0.717, 1.165) is 22.5 Å². The predicted octanol–water partition coefficient (Wildman–Crippen LogP) is 4.42. The zero-order chi connectivity index (χ0) is 18.7. The van der Waals surface area contributed by atoms with Crippen LogP contribution in [-0.4, -0.2) is 22.9 Å². The van der Waals surface area contributed by atoms with Crippen molar-refractivity contribution in [2.24, 2.45) is 0 Å². The van der Waals surface area contributed by atoms with Gasteiger partial charge in [-0.3, -0.25) is 4.79 Å². The van der Waals surface area contributed by atoms with Gasteiger partial charge in [-0.15, -0.1) is 0 Å². The van der Waals surface area contributed by atoms with Crippen molar-refractivity contribution in [1.82, 2.24) is 9.97 Å². The number of anilines is 3. The lowest BCUT2D eigenvalue weighted by atomic mass is 10.1. The van der Waals surface area contributed by atoms with E-state index in [-0.39, 0.29) is 5.91 Å². The van der Waals surface area contributed by atoms with Crippen LogP contribution < -0.4 is 10.2 Å². The summed E-state index contributed by atoms with van der Waals surface area (Å²) in [5.41, 5.74) is 4.31. The lowest BCUT2D eigenvalue weighted by Crippen LogP contribution is -2.18. The minimum atomic E-state index is -0.244. The summed E-state index contributed by atoms with van der Waals surface area (Å²) in [6.07, 6.45) is 0. The van der Waals surface area contributed by atoms with Crippen LogP contribution in [-0.2, 0) is 0 Å². The van der Waals surface area contributed by atoms with E-state index < -0.39 is 0 Å². The molecule has 0 saturated carbocycles. The van der Waals surface area contributed by atoms with Crippen molar-refractivity contribution in [3.8, 4) is 0 Å². The lowest BCUT2D eigenvalue weighted by molar-refractivity contribution is 0.102. The number of benzene rings is 2. The molecular weight excluding hydrogens is 324 g/mol. The van der Waals surface area contributed by atoms with Crippen molar-refractivity contribution in [3.05, 3.63) is 77.2 Å². The Morgan fingerprint density at radius 1 is 0.962 bits per heavy atom. The molecule has 0 radical (unpaired) electrons. The van der Waals surface area contributed by atoms with Crippen LogP contribution in [0.2, 0.25) is 0 Å². The summed E-state index contributed by atoms with van der Waals surface area (Å²) in [6, 6.07) is 17.4. The summed E-state index contributed by atoms with van der Waals surface area (Å²) < 4.78 is 0. The number of aromatic nitrogens is 2. The molecule has 26 heavy (non-hydrogen) atoms. The van der Waals surface area contributed by atoms with E-state index in [1.807, 2.05) is 74.3 Å². The van der Waals surface area contributed by atoms with E-state index in [2.05, 4.69) is 15.3 Å². The van der Waals surface area contributed by atoms with Crippen molar-refractivity contribution >= 4 is 23.1 Å². The van der Waals surface area contributed by atoms with Crippen LogP contribution in [0.5, 0.6) is 0 Å².